The van der Waals surface area contributed by atoms with Crippen LogP contribution < -0.4 is 21.9 Å². The lowest BCUT2D eigenvalue weighted by atomic mass is 9.92. The Morgan fingerprint density at radius 3 is 2.77 bits per heavy atom. The Kier molecular flexibility index (Phi) is 5.48. The largest absolute Gasteiger partial charge is 0.356 e. The number of nitrogens with zero attached hydrogens (tertiary/aromatic N) is 1. The second-order valence-corrected chi connectivity index (χ2v) is 7.02. The van der Waals surface area contributed by atoms with Gasteiger partial charge in [-0.15, -0.1) is 12.4 Å². The fraction of sp³-hybridized carbons (Fsp3) is 0.500. The van der Waals surface area contributed by atoms with Crippen LogP contribution in [0.25, 0.3) is 10.9 Å². The highest BCUT2D eigenvalue weighted by molar-refractivity contribution is 5.85. The van der Waals surface area contributed by atoms with Crippen molar-refractivity contribution in [3.05, 3.63) is 44.6 Å². The lowest BCUT2D eigenvalue weighted by Crippen LogP contribution is -2.43. The van der Waals surface area contributed by atoms with E-state index in [0.29, 0.717) is 18.5 Å². The van der Waals surface area contributed by atoms with E-state index in [1.807, 2.05) is 12.1 Å². The molecule has 0 saturated carbocycles. The van der Waals surface area contributed by atoms with Gasteiger partial charge in [-0.3, -0.25) is 19.1 Å². The molecule has 26 heavy (non-hydrogen) atoms. The van der Waals surface area contributed by atoms with Crippen LogP contribution in [-0.4, -0.2) is 35.1 Å². The zero-order valence-electron chi connectivity index (χ0n) is 14.4. The number of hydrogen-bond donors (Lipinski definition) is 3. The summed E-state index contributed by atoms with van der Waals surface area (Å²) >= 11 is 0. The average Bonchev–Trinajstić information content (AvgIpc) is 2.64. The quantitative estimate of drug-likeness (QED) is 0.720. The predicted molar refractivity (Wildman–Crippen MR) is 102 cm³/mol. The first-order valence-corrected chi connectivity index (χ1v) is 8.86. The Labute approximate surface area is 156 Å². The number of para-hydroxylation sites is 1. The van der Waals surface area contributed by atoms with Crippen LogP contribution in [0.3, 0.4) is 0 Å². The molecule has 3 N–H and O–H groups in total. The van der Waals surface area contributed by atoms with Crippen molar-refractivity contribution < 1.29 is 4.79 Å². The molecule has 1 fully saturated rings. The van der Waals surface area contributed by atoms with Gasteiger partial charge >= 0.3 is 5.69 Å². The molecule has 2 aromatic rings. The summed E-state index contributed by atoms with van der Waals surface area (Å²) in [5, 5.41) is 6.87. The van der Waals surface area contributed by atoms with E-state index in [4.69, 9.17) is 0 Å². The molecule has 1 aromatic carbocycles. The average molecular weight is 379 g/mol. The first-order chi connectivity index (χ1) is 12.1. The molecule has 0 radical (unpaired) electrons. The van der Waals surface area contributed by atoms with Crippen LogP contribution in [0.5, 0.6) is 0 Å². The van der Waals surface area contributed by atoms with Crippen LogP contribution in [0.1, 0.15) is 18.4 Å². The third-order valence-corrected chi connectivity index (χ3v) is 5.32. The molecule has 3 heterocycles. The number of H-pyrrole nitrogens is 1. The second kappa shape index (κ2) is 7.63. The lowest BCUT2D eigenvalue weighted by molar-refractivity contribution is -0.125. The summed E-state index contributed by atoms with van der Waals surface area (Å²) in [6.07, 6.45) is 2.51. The van der Waals surface area contributed by atoms with Crippen molar-refractivity contribution in [1.82, 2.24) is 20.2 Å². The molecule has 2 aliphatic heterocycles. The van der Waals surface area contributed by atoms with Gasteiger partial charge in [-0.05, 0) is 49.9 Å². The number of carbonyl (C=O) groups excluding carboxylic acids is 1. The molecule has 8 heteroatoms. The summed E-state index contributed by atoms with van der Waals surface area (Å²) < 4.78 is 1.64. The van der Waals surface area contributed by atoms with Gasteiger partial charge in [0.05, 0.1) is 10.9 Å². The van der Waals surface area contributed by atoms with Gasteiger partial charge in [0.15, 0.2) is 0 Å². The van der Waals surface area contributed by atoms with Crippen molar-refractivity contribution in [3.8, 4) is 0 Å². The maximum atomic E-state index is 12.3. The molecule has 0 bridgehead atoms. The molecular formula is C18H23ClN4O3. The zero-order valence-corrected chi connectivity index (χ0v) is 15.2. The zero-order chi connectivity index (χ0) is 17.4. The number of carbonyl (C=O) groups is 1. The van der Waals surface area contributed by atoms with Crippen molar-refractivity contribution in [2.75, 3.05) is 19.6 Å². The fourth-order valence-corrected chi connectivity index (χ4v) is 4.01. The van der Waals surface area contributed by atoms with Gasteiger partial charge in [0.25, 0.3) is 5.56 Å². The number of aromatic amines is 1. The van der Waals surface area contributed by atoms with Gasteiger partial charge < -0.3 is 10.6 Å². The fourth-order valence-electron chi connectivity index (χ4n) is 4.01. The van der Waals surface area contributed by atoms with Crippen LogP contribution in [0.2, 0.25) is 0 Å². The summed E-state index contributed by atoms with van der Waals surface area (Å²) in [7, 11) is 0. The molecule has 1 amide bonds. The summed E-state index contributed by atoms with van der Waals surface area (Å²) in [6.45, 7) is 2.83. The Balaban J connectivity index is 0.00000196. The Bertz CT molecular complexity index is 930. The van der Waals surface area contributed by atoms with E-state index in [9.17, 15) is 14.4 Å². The molecular weight excluding hydrogens is 356 g/mol. The van der Waals surface area contributed by atoms with E-state index in [2.05, 4.69) is 15.6 Å². The number of nitrogens with one attached hydrogen (secondary N) is 3. The minimum Gasteiger partial charge on any atom is -0.356 e. The SMILES string of the molecule is Cl.O=C(NCC1Cc2cccc3c(=O)[nH]c(=O)n(c23)C1)C1CCNCC1. The number of piperidine rings is 1. The molecule has 0 spiro atoms. The van der Waals surface area contributed by atoms with Crippen LogP contribution >= 0.6 is 12.4 Å². The first kappa shape index (κ1) is 18.7. The van der Waals surface area contributed by atoms with Gasteiger partial charge in [-0.1, -0.05) is 12.1 Å². The van der Waals surface area contributed by atoms with Gasteiger partial charge in [0, 0.05) is 19.0 Å². The monoisotopic (exact) mass is 378 g/mol. The number of benzene rings is 1. The third kappa shape index (κ3) is 3.41. The highest BCUT2D eigenvalue weighted by atomic mass is 35.5. The van der Waals surface area contributed by atoms with Crippen molar-refractivity contribution in [2.24, 2.45) is 11.8 Å². The number of rotatable bonds is 3. The van der Waals surface area contributed by atoms with E-state index in [-0.39, 0.29) is 41.4 Å². The molecule has 2 aliphatic rings. The van der Waals surface area contributed by atoms with Crippen molar-refractivity contribution in [3.63, 3.8) is 0 Å². The maximum Gasteiger partial charge on any atom is 0.328 e. The minimum atomic E-state index is -0.376. The van der Waals surface area contributed by atoms with Crippen LogP contribution in [-0.2, 0) is 17.8 Å². The smallest absolute Gasteiger partial charge is 0.328 e. The number of amides is 1. The standard InChI is InChI=1S/C18H22N4O3.ClH/c23-16(12-4-6-19-7-5-12)20-9-11-8-13-2-1-3-14-15(13)22(10-11)18(25)21-17(14)24;/h1-3,11-12,19H,4-10H2,(H,20,23)(H,21,24,25);1H. The van der Waals surface area contributed by atoms with Gasteiger partial charge in [0.2, 0.25) is 5.91 Å². The van der Waals surface area contributed by atoms with Crippen molar-refractivity contribution in [2.45, 2.75) is 25.8 Å². The first-order valence-electron chi connectivity index (χ1n) is 8.86. The summed E-state index contributed by atoms with van der Waals surface area (Å²) in [5.41, 5.74) is 1.01. The van der Waals surface area contributed by atoms with Crippen molar-refractivity contribution in [1.29, 1.82) is 0 Å². The molecule has 1 atom stereocenters. The molecule has 1 unspecified atom stereocenters. The summed E-state index contributed by atoms with van der Waals surface area (Å²) in [4.78, 5) is 38.9. The number of hydrogen-bond acceptors (Lipinski definition) is 4. The highest BCUT2D eigenvalue weighted by Crippen LogP contribution is 2.24. The number of halogens is 1. The van der Waals surface area contributed by atoms with Gasteiger partial charge in [-0.25, -0.2) is 4.79 Å². The molecule has 4 rings (SSSR count). The third-order valence-electron chi connectivity index (χ3n) is 5.32. The van der Waals surface area contributed by atoms with E-state index >= 15 is 0 Å². The second-order valence-electron chi connectivity index (χ2n) is 7.02. The topological polar surface area (TPSA) is 96.0 Å². The maximum absolute atomic E-state index is 12.3. The normalized spacial score (nSPS) is 19.8. The lowest BCUT2D eigenvalue weighted by Gasteiger charge is -2.27. The molecule has 1 aromatic heterocycles. The van der Waals surface area contributed by atoms with E-state index in [1.165, 1.54) is 0 Å². The Morgan fingerprint density at radius 1 is 1.23 bits per heavy atom. The van der Waals surface area contributed by atoms with Gasteiger partial charge in [-0.2, -0.15) is 0 Å². The van der Waals surface area contributed by atoms with Gasteiger partial charge in [0.1, 0.15) is 0 Å². The van der Waals surface area contributed by atoms with E-state index < -0.39 is 0 Å². The van der Waals surface area contributed by atoms with E-state index in [0.717, 1.165) is 43.4 Å². The molecule has 7 nitrogen and oxygen atoms in total. The molecule has 0 aliphatic carbocycles. The summed E-state index contributed by atoms with van der Waals surface area (Å²) in [6, 6.07) is 5.54. The summed E-state index contributed by atoms with van der Waals surface area (Å²) in [5.74, 6) is 0.339. The van der Waals surface area contributed by atoms with Crippen LogP contribution in [0, 0.1) is 11.8 Å². The van der Waals surface area contributed by atoms with Crippen LogP contribution in [0.4, 0.5) is 0 Å². The Morgan fingerprint density at radius 2 is 2.00 bits per heavy atom. The van der Waals surface area contributed by atoms with Crippen LogP contribution in [0.15, 0.2) is 27.8 Å². The minimum absolute atomic E-state index is 0. The Hall–Kier alpha value is -2.12. The highest BCUT2D eigenvalue weighted by Gasteiger charge is 2.25. The molecule has 1 saturated heterocycles. The van der Waals surface area contributed by atoms with E-state index in [1.54, 1.807) is 10.6 Å². The molecule has 140 valence electrons. The predicted octanol–water partition coefficient (Wildman–Crippen LogP) is 0.400. The number of aromatic nitrogens is 2. The van der Waals surface area contributed by atoms with Crippen molar-refractivity contribution >= 4 is 29.2 Å².